The number of phenols is 1. The fourth-order valence-corrected chi connectivity index (χ4v) is 2.32. The predicted octanol–water partition coefficient (Wildman–Crippen LogP) is 4.52. The standard InChI is InChI=1S/C15H15ClN2O3/c1-2-14(10-3-6-12(19)7-4-10)17-11-5-8-15(18(20)21)13(16)9-11/h3-9,14,17,19H,2H2,1H3. The zero-order valence-corrected chi connectivity index (χ0v) is 12.2. The average molecular weight is 307 g/mol. The molecule has 0 saturated heterocycles. The molecule has 0 heterocycles. The van der Waals surface area contributed by atoms with Crippen LogP contribution in [-0.2, 0) is 0 Å². The first-order valence-electron chi connectivity index (χ1n) is 6.50. The molecular formula is C15H15ClN2O3. The van der Waals surface area contributed by atoms with E-state index in [9.17, 15) is 15.2 Å². The normalized spacial score (nSPS) is 11.9. The fraction of sp³-hybridized carbons (Fsp3) is 0.200. The van der Waals surface area contributed by atoms with Gasteiger partial charge in [0.15, 0.2) is 0 Å². The number of nitrogens with one attached hydrogen (secondary N) is 1. The van der Waals surface area contributed by atoms with Gasteiger partial charge in [0.05, 0.1) is 11.0 Å². The lowest BCUT2D eigenvalue weighted by atomic mass is 10.0. The number of benzene rings is 2. The third-order valence-corrected chi connectivity index (χ3v) is 3.49. The molecule has 1 atom stereocenters. The Labute approximate surface area is 127 Å². The summed E-state index contributed by atoms with van der Waals surface area (Å²) in [4.78, 5) is 10.2. The van der Waals surface area contributed by atoms with Crippen molar-refractivity contribution in [2.45, 2.75) is 19.4 Å². The van der Waals surface area contributed by atoms with Crippen molar-refractivity contribution in [1.82, 2.24) is 0 Å². The van der Waals surface area contributed by atoms with E-state index in [0.717, 1.165) is 12.0 Å². The third kappa shape index (κ3) is 3.64. The largest absolute Gasteiger partial charge is 0.508 e. The van der Waals surface area contributed by atoms with Crippen molar-refractivity contribution in [3.63, 3.8) is 0 Å². The van der Waals surface area contributed by atoms with Crippen LogP contribution in [0.1, 0.15) is 24.9 Å². The molecule has 2 aromatic carbocycles. The maximum Gasteiger partial charge on any atom is 0.288 e. The summed E-state index contributed by atoms with van der Waals surface area (Å²) in [5.74, 6) is 0.215. The lowest BCUT2D eigenvalue weighted by Crippen LogP contribution is -2.09. The minimum absolute atomic E-state index is 0.0307. The van der Waals surface area contributed by atoms with E-state index in [2.05, 4.69) is 5.32 Å². The smallest absolute Gasteiger partial charge is 0.288 e. The number of hydrogen-bond acceptors (Lipinski definition) is 4. The molecule has 0 spiro atoms. The van der Waals surface area contributed by atoms with Crippen LogP contribution in [0.4, 0.5) is 11.4 Å². The van der Waals surface area contributed by atoms with E-state index in [1.54, 1.807) is 24.3 Å². The molecule has 1 unspecified atom stereocenters. The van der Waals surface area contributed by atoms with Gasteiger partial charge in [-0.3, -0.25) is 10.1 Å². The van der Waals surface area contributed by atoms with Crippen LogP contribution in [0, 0.1) is 10.1 Å². The van der Waals surface area contributed by atoms with Gasteiger partial charge >= 0.3 is 0 Å². The van der Waals surface area contributed by atoms with Crippen LogP contribution >= 0.6 is 11.6 Å². The summed E-state index contributed by atoms with van der Waals surface area (Å²) in [6, 6.07) is 11.5. The summed E-state index contributed by atoms with van der Waals surface area (Å²) in [5, 5.41) is 23.4. The molecule has 5 nitrogen and oxygen atoms in total. The highest BCUT2D eigenvalue weighted by atomic mass is 35.5. The van der Waals surface area contributed by atoms with Crippen LogP contribution in [-0.4, -0.2) is 10.0 Å². The molecule has 21 heavy (non-hydrogen) atoms. The van der Waals surface area contributed by atoms with Gasteiger partial charge in [-0.25, -0.2) is 0 Å². The summed E-state index contributed by atoms with van der Waals surface area (Å²) >= 11 is 5.90. The molecule has 0 aliphatic heterocycles. The van der Waals surface area contributed by atoms with E-state index in [1.807, 2.05) is 19.1 Å². The van der Waals surface area contributed by atoms with Crippen molar-refractivity contribution in [1.29, 1.82) is 0 Å². The second-order valence-corrected chi connectivity index (χ2v) is 5.03. The molecule has 0 fully saturated rings. The zero-order valence-electron chi connectivity index (χ0n) is 11.4. The number of nitro groups is 1. The number of aromatic hydroxyl groups is 1. The molecule has 0 aliphatic carbocycles. The van der Waals surface area contributed by atoms with Crippen molar-refractivity contribution in [3.05, 3.63) is 63.2 Å². The molecule has 2 rings (SSSR count). The molecule has 0 bridgehead atoms. The Balaban J connectivity index is 2.20. The van der Waals surface area contributed by atoms with Crippen molar-refractivity contribution in [3.8, 4) is 5.75 Å². The molecule has 0 saturated carbocycles. The first-order chi connectivity index (χ1) is 10.0. The number of rotatable bonds is 5. The monoisotopic (exact) mass is 306 g/mol. The highest BCUT2D eigenvalue weighted by Crippen LogP contribution is 2.30. The van der Waals surface area contributed by atoms with Crippen LogP contribution in [0.3, 0.4) is 0 Å². The molecule has 2 N–H and O–H groups in total. The van der Waals surface area contributed by atoms with Gasteiger partial charge < -0.3 is 10.4 Å². The van der Waals surface area contributed by atoms with Gasteiger partial charge in [-0.05, 0) is 36.2 Å². The maximum absolute atomic E-state index is 10.7. The van der Waals surface area contributed by atoms with Crippen LogP contribution in [0.25, 0.3) is 0 Å². The van der Waals surface area contributed by atoms with Gasteiger partial charge in [0.2, 0.25) is 0 Å². The predicted molar refractivity (Wildman–Crippen MR) is 82.9 cm³/mol. The second-order valence-electron chi connectivity index (χ2n) is 4.62. The molecule has 110 valence electrons. The highest BCUT2D eigenvalue weighted by molar-refractivity contribution is 6.32. The van der Waals surface area contributed by atoms with Crippen molar-refractivity contribution in [2.24, 2.45) is 0 Å². The van der Waals surface area contributed by atoms with Crippen molar-refractivity contribution >= 4 is 23.0 Å². The fourth-order valence-electron chi connectivity index (χ4n) is 2.07. The van der Waals surface area contributed by atoms with Crippen LogP contribution in [0.5, 0.6) is 5.75 Å². The first-order valence-corrected chi connectivity index (χ1v) is 6.88. The summed E-state index contributed by atoms with van der Waals surface area (Å²) in [6.45, 7) is 2.03. The quantitative estimate of drug-likeness (QED) is 0.629. The van der Waals surface area contributed by atoms with Crippen LogP contribution in [0.2, 0.25) is 5.02 Å². The molecule has 0 radical (unpaired) electrons. The van der Waals surface area contributed by atoms with Gasteiger partial charge in [0.25, 0.3) is 5.69 Å². The molecule has 6 heteroatoms. The number of nitro benzene ring substituents is 1. The molecule has 2 aromatic rings. The average Bonchev–Trinajstić information content (AvgIpc) is 2.45. The molecule has 0 aromatic heterocycles. The summed E-state index contributed by atoms with van der Waals surface area (Å²) in [5.41, 5.74) is 1.62. The van der Waals surface area contributed by atoms with Crippen molar-refractivity contribution < 1.29 is 10.0 Å². The molecule has 0 amide bonds. The summed E-state index contributed by atoms with van der Waals surface area (Å²) in [7, 11) is 0. The van der Waals surface area contributed by atoms with E-state index in [4.69, 9.17) is 11.6 Å². The lowest BCUT2D eigenvalue weighted by molar-refractivity contribution is -0.384. The van der Waals surface area contributed by atoms with Gasteiger partial charge in [0, 0.05) is 11.8 Å². The third-order valence-electron chi connectivity index (χ3n) is 3.19. The lowest BCUT2D eigenvalue weighted by Gasteiger charge is -2.19. The van der Waals surface area contributed by atoms with Crippen LogP contribution < -0.4 is 5.32 Å². The topological polar surface area (TPSA) is 75.4 Å². The van der Waals surface area contributed by atoms with E-state index < -0.39 is 4.92 Å². The Morgan fingerprint density at radius 1 is 1.29 bits per heavy atom. The summed E-state index contributed by atoms with van der Waals surface area (Å²) < 4.78 is 0. The van der Waals surface area contributed by atoms with Gasteiger partial charge in [-0.15, -0.1) is 0 Å². The Morgan fingerprint density at radius 3 is 2.48 bits per heavy atom. The Bertz CT molecular complexity index is 644. The highest BCUT2D eigenvalue weighted by Gasteiger charge is 2.14. The van der Waals surface area contributed by atoms with E-state index in [0.29, 0.717) is 5.69 Å². The zero-order chi connectivity index (χ0) is 15.4. The number of anilines is 1. The van der Waals surface area contributed by atoms with Gasteiger partial charge in [-0.1, -0.05) is 30.7 Å². The number of hydrogen-bond donors (Lipinski definition) is 2. The van der Waals surface area contributed by atoms with Crippen LogP contribution in [0.15, 0.2) is 42.5 Å². The van der Waals surface area contributed by atoms with E-state index in [-0.39, 0.29) is 22.5 Å². The van der Waals surface area contributed by atoms with E-state index >= 15 is 0 Å². The number of nitrogens with zero attached hydrogens (tertiary/aromatic N) is 1. The number of phenolic OH excluding ortho intramolecular Hbond substituents is 1. The Hall–Kier alpha value is -2.27. The minimum Gasteiger partial charge on any atom is -0.508 e. The first kappa shape index (κ1) is 15.1. The van der Waals surface area contributed by atoms with Gasteiger partial charge in [-0.2, -0.15) is 0 Å². The Morgan fingerprint density at radius 2 is 1.95 bits per heavy atom. The van der Waals surface area contributed by atoms with E-state index in [1.165, 1.54) is 6.07 Å². The molecule has 0 aliphatic rings. The van der Waals surface area contributed by atoms with Crippen molar-refractivity contribution in [2.75, 3.05) is 5.32 Å². The Kier molecular flexibility index (Phi) is 4.65. The second kappa shape index (κ2) is 6.45. The SMILES string of the molecule is CCC(Nc1ccc([N+](=O)[O-])c(Cl)c1)c1ccc(O)cc1. The molecular weight excluding hydrogens is 292 g/mol. The van der Waals surface area contributed by atoms with Gasteiger partial charge in [0.1, 0.15) is 10.8 Å². The minimum atomic E-state index is -0.511. The maximum atomic E-state index is 10.7. The summed E-state index contributed by atoms with van der Waals surface area (Å²) in [6.07, 6.45) is 0.819. The number of halogens is 1.